The Hall–Kier alpha value is -3.56. The molecule has 1 atom stereocenters. The first-order valence-corrected chi connectivity index (χ1v) is 16.6. The van der Waals surface area contributed by atoms with E-state index in [4.69, 9.17) is 16.3 Å². The Labute approximate surface area is 260 Å². The molecule has 1 aliphatic carbocycles. The Bertz CT molecular complexity index is 1470. The van der Waals surface area contributed by atoms with Gasteiger partial charge in [-0.3, -0.25) is 13.9 Å². The number of hydrogen-bond donors (Lipinski definition) is 1. The maximum absolute atomic E-state index is 14.2. The minimum atomic E-state index is -4.15. The molecule has 0 aromatic heterocycles. The van der Waals surface area contributed by atoms with E-state index in [9.17, 15) is 18.0 Å². The lowest BCUT2D eigenvalue weighted by molar-refractivity contribution is -0.140. The molecule has 8 nitrogen and oxygen atoms in total. The van der Waals surface area contributed by atoms with Gasteiger partial charge in [-0.05, 0) is 87.2 Å². The normalized spacial score (nSPS) is 14.2. The standard InChI is InChI=1S/C33H40ClN3O5S/c1-4-31(33(39)35-27-8-6-7-9-27)36(22-25-12-14-26(34)15-13-25)32(38)23-37(28-16-18-29(19-17-28)42-5-2)43(40,41)30-20-10-24(3)11-21-30/h10-21,27,31H,4-9,22-23H2,1-3H3,(H,35,39). The van der Waals surface area contributed by atoms with Crippen molar-refractivity contribution in [1.82, 2.24) is 10.2 Å². The van der Waals surface area contributed by atoms with E-state index in [2.05, 4.69) is 5.32 Å². The average Bonchev–Trinajstić information content (AvgIpc) is 3.50. The molecular weight excluding hydrogens is 586 g/mol. The fourth-order valence-corrected chi connectivity index (χ4v) is 6.86. The van der Waals surface area contributed by atoms with E-state index in [0.29, 0.717) is 29.5 Å². The maximum atomic E-state index is 14.2. The summed E-state index contributed by atoms with van der Waals surface area (Å²) < 4.78 is 34.7. The average molecular weight is 626 g/mol. The van der Waals surface area contributed by atoms with Gasteiger partial charge in [-0.2, -0.15) is 0 Å². The minimum Gasteiger partial charge on any atom is -0.494 e. The number of hydrogen-bond acceptors (Lipinski definition) is 5. The van der Waals surface area contributed by atoms with Gasteiger partial charge in [0.1, 0.15) is 18.3 Å². The second-order valence-electron chi connectivity index (χ2n) is 10.8. The topological polar surface area (TPSA) is 96.0 Å². The highest BCUT2D eigenvalue weighted by Crippen LogP contribution is 2.27. The Morgan fingerprint density at radius 2 is 1.58 bits per heavy atom. The molecule has 0 saturated heterocycles. The Kier molecular flexibility index (Phi) is 11.1. The van der Waals surface area contributed by atoms with Crippen molar-refractivity contribution >= 4 is 39.1 Å². The third-order valence-corrected chi connectivity index (χ3v) is 9.72. The van der Waals surface area contributed by atoms with Crippen LogP contribution in [0.15, 0.2) is 77.7 Å². The molecule has 230 valence electrons. The zero-order valence-electron chi connectivity index (χ0n) is 25.0. The van der Waals surface area contributed by atoms with Crippen molar-refractivity contribution in [2.75, 3.05) is 17.5 Å². The highest BCUT2D eigenvalue weighted by Gasteiger charge is 2.34. The van der Waals surface area contributed by atoms with E-state index in [1.54, 1.807) is 60.7 Å². The smallest absolute Gasteiger partial charge is 0.264 e. The molecule has 0 bridgehead atoms. The molecule has 0 radical (unpaired) electrons. The summed E-state index contributed by atoms with van der Waals surface area (Å²) in [5, 5.41) is 3.68. The van der Waals surface area contributed by atoms with Crippen LogP contribution in [-0.4, -0.2) is 50.4 Å². The highest BCUT2D eigenvalue weighted by molar-refractivity contribution is 7.92. The predicted octanol–water partition coefficient (Wildman–Crippen LogP) is 6.11. The lowest BCUT2D eigenvalue weighted by atomic mass is 10.1. The van der Waals surface area contributed by atoms with Crippen LogP contribution in [0, 0.1) is 6.92 Å². The van der Waals surface area contributed by atoms with E-state index in [1.165, 1.54) is 17.0 Å². The Morgan fingerprint density at radius 1 is 0.953 bits per heavy atom. The second kappa shape index (κ2) is 14.8. The summed E-state index contributed by atoms with van der Waals surface area (Å²) in [5.41, 5.74) is 2.00. The number of nitrogens with zero attached hydrogens (tertiary/aromatic N) is 2. The number of aryl methyl sites for hydroxylation is 1. The number of sulfonamides is 1. The highest BCUT2D eigenvalue weighted by atomic mass is 35.5. The molecule has 3 aromatic rings. The van der Waals surface area contributed by atoms with Gasteiger partial charge in [-0.25, -0.2) is 8.42 Å². The Balaban J connectivity index is 1.71. The van der Waals surface area contributed by atoms with Crippen molar-refractivity contribution < 1.29 is 22.7 Å². The van der Waals surface area contributed by atoms with Crippen molar-refractivity contribution in [1.29, 1.82) is 0 Å². The zero-order valence-corrected chi connectivity index (χ0v) is 26.5. The van der Waals surface area contributed by atoms with Gasteiger partial charge in [0.15, 0.2) is 0 Å². The van der Waals surface area contributed by atoms with Gasteiger partial charge in [0.2, 0.25) is 11.8 Å². The van der Waals surface area contributed by atoms with Gasteiger partial charge in [0.05, 0.1) is 17.2 Å². The minimum absolute atomic E-state index is 0.0649. The molecule has 4 rings (SSSR count). The quantitative estimate of drug-likeness (QED) is 0.247. The van der Waals surface area contributed by atoms with Crippen LogP contribution in [-0.2, 0) is 26.2 Å². The van der Waals surface area contributed by atoms with Gasteiger partial charge in [-0.1, -0.05) is 61.2 Å². The van der Waals surface area contributed by atoms with Crippen LogP contribution in [0.1, 0.15) is 57.1 Å². The molecule has 0 heterocycles. The first kappa shape index (κ1) is 32.4. The summed E-state index contributed by atoms with van der Waals surface area (Å²) in [5.74, 6) is -0.136. The van der Waals surface area contributed by atoms with Crippen LogP contribution in [0.3, 0.4) is 0 Å². The number of amides is 2. The van der Waals surface area contributed by atoms with Crippen LogP contribution in [0.4, 0.5) is 5.69 Å². The summed E-state index contributed by atoms with van der Waals surface area (Å²) in [6.45, 7) is 5.68. The van der Waals surface area contributed by atoms with Crippen LogP contribution in [0.5, 0.6) is 5.75 Å². The lowest BCUT2D eigenvalue weighted by Crippen LogP contribution is -2.53. The maximum Gasteiger partial charge on any atom is 0.264 e. The lowest BCUT2D eigenvalue weighted by Gasteiger charge is -2.33. The first-order valence-electron chi connectivity index (χ1n) is 14.8. The molecular formula is C33H40ClN3O5S. The number of nitrogens with one attached hydrogen (secondary N) is 1. The molecule has 1 unspecified atom stereocenters. The van der Waals surface area contributed by atoms with Gasteiger partial charge >= 0.3 is 0 Å². The molecule has 43 heavy (non-hydrogen) atoms. The summed E-state index contributed by atoms with van der Waals surface area (Å²) in [6.07, 6.45) is 4.30. The molecule has 1 saturated carbocycles. The van der Waals surface area contributed by atoms with Crippen molar-refractivity contribution in [2.24, 2.45) is 0 Å². The van der Waals surface area contributed by atoms with Crippen molar-refractivity contribution in [3.8, 4) is 5.75 Å². The molecule has 3 aromatic carbocycles. The largest absolute Gasteiger partial charge is 0.494 e. The van der Waals surface area contributed by atoms with Gasteiger partial charge in [0.25, 0.3) is 10.0 Å². The summed E-state index contributed by atoms with van der Waals surface area (Å²) >= 11 is 6.10. The van der Waals surface area contributed by atoms with Crippen LogP contribution < -0.4 is 14.4 Å². The SMILES string of the molecule is CCOc1ccc(N(CC(=O)N(Cc2ccc(Cl)cc2)C(CC)C(=O)NC2CCCC2)S(=O)(=O)c2ccc(C)cc2)cc1. The van der Waals surface area contributed by atoms with Crippen molar-refractivity contribution in [2.45, 2.75) is 76.4 Å². The summed E-state index contributed by atoms with van der Waals surface area (Å²) in [4.78, 5) is 29.3. The number of halogens is 1. The van der Waals surface area contributed by atoms with Gasteiger partial charge in [0, 0.05) is 17.6 Å². The summed E-state index contributed by atoms with van der Waals surface area (Å²) in [7, 11) is -4.15. The number of anilines is 1. The van der Waals surface area contributed by atoms with Gasteiger partial charge in [-0.15, -0.1) is 0 Å². The van der Waals surface area contributed by atoms with Gasteiger partial charge < -0.3 is 15.0 Å². The van der Waals surface area contributed by atoms with E-state index < -0.39 is 28.5 Å². The molecule has 1 N–H and O–H groups in total. The van der Waals surface area contributed by atoms with E-state index >= 15 is 0 Å². The first-order chi connectivity index (χ1) is 20.6. The van der Waals surface area contributed by atoms with Crippen LogP contribution in [0.25, 0.3) is 0 Å². The second-order valence-corrected chi connectivity index (χ2v) is 13.1. The molecule has 0 aliphatic heterocycles. The number of ether oxygens (including phenoxy) is 1. The van der Waals surface area contributed by atoms with Crippen LogP contribution in [0.2, 0.25) is 5.02 Å². The fourth-order valence-electron chi connectivity index (χ4n) is 5.32. The monoisotopic (exact) mass is 625 g/mol. The molecule has 2 amide bonds. The number of carbonyl (C=O) groups excluding carboxylic acids is 2. The number of benzene rings is 3. The van der Waals surface area contributed by atoms with Crippen molar-refractivity contribution in [3.63, 3.8) is 0 Å². The fraction of sp³-hybridized carbons (Fsp3) is 0.394. The molecule has 0 spiro atoms. The van der Waals surface area contributed by atoms with E-state index in [1.807, 2.05) is 20.8 Å². The molecule has 1 aliphatic rings. The number of rotatable bonds is 13. The van der Waals surface area contributed by atoms with E-state index in [0.717, 1.165) is 41.1 Å². The summed E-state index contributed by atoms with van der Waals surface area (Å²) in [6, 6.07) is 19.5. The molecule has 1 fully saturated rings. The third-order valence-electron chi connectivity index (χ3n) is 7.68. The molecule has 10 heteroatoms. The van der Waals surface area contributed by atoms with E-state index in [-0.39, 0.29) is 23.4 Å². The van der Waals surface area contributed by atoms with Crippen molar-refractivity contribution in [3.05, 3.63) is 88.9 Å². The number of carbonyl (C=O) groups is 2. The third kappa shape index (κ3) is 8.30. The van der Waals surface area contributed by atoms with Crippen LogP contribution >= 0.6 is 11.6 Å². The predicted molar refractivity (Wildman–Crippen MR) is 170 cm³/mol. The Morgan fingerprint density at radius 3 is 2.16 bits per heavy atom. The zero-order chi connectivity index (χ0) is 31.0.